The lowest BCUT2D eigenvalue weighted by molar-refractivity contribution is -0.120. The van der Waals surface area contributed by atoms with Crippen LogP contribution in [0.2, 0.25) is 0 Å². The summed E-state index contributed by atoms with van der Waals surface area (Å²) in [6, 6.07) is 12.3. The third-order valence-electron chi connectivity index (χ3n) is 5.50. The van der Waals surface area contributed by atoms with Crippen LogP contribution in [0.1, 0.15) is 24.8 Å². The predicted octanol–water partition coefficient (Wildman–Crippen LogP) is 3.13. The summed E-state index contributed by atoms with van der Waals surface area (Å²) in [5, 5.41) is 0. The van der Waals surface area contributed by atoms with Crippen LogP contribution in [0, 0.1) is 17.6 Å². The minimum absolute atomic E-state index is 0.0405. The van der Waals surface area contributed by atoms with Crippen molar-refractivity contribution in [3.05, 3.63) is 65.7 Å². The van der Waals surface area contributed by atoms with Gasteiger partial charge in [0.1, 0.15) is 11.6 Å². The highest BCUT2D eigenvalue weighted by Crippen LogP contribution is 2.23. The van der Waals surface area contributed by atoms with Gasteiger partial charge in [0.15, 0.2) is 0 Å². The molecule has 2 amide bonds. The molecule has 0 bridgehead atoms. The summed E-state index contributed by atoms with van der Waals surface area (Å²) in [5.74, 6) is -0.783. The van der Waals surface area contributed by atoms with Crippen LogP contribution in [-0.4, -0.2) is 42.9 Å². The van der Waals surface area contributed by atoms with E-state index in [-0.39, 0.29) is 37.1 Å². The number of hydrogen-bond acceptors (Lipinski definition) is 3. The fraction of sp³-hybridized carbons (Fsp3) is 0.391. The van der Waals surface area contributed by atoms with Gasteiger partial charge in [-0.3, -0.25) is 14.5 Å². The molecule has 0 aliphatic carbocycles. The lowest BCUT2D eigenvalue weighted by atomic mass is 9.90. The average Bonchev–Trinajstić information content (AvgIpc) is 2.71. The number of carbonyl (C=O) groups excluding carboxylic acids is 2. The van der Waals surface area contributed by atoms with Crippen molar-refractivity contribution in [3.63, 3.8) is 0 Å². The second-order valence-corrected chi connectivity index (χ2v) is 7.79. The van der Waals surface area contributed by atoms with Crippen LogP contribution in [0.5, 0.6) is 0 Å². The number of piperidine rings is 1. The molecule has 1 fully saturated rings. The lowest BCUT2D eigenvalue weighted by Gasteiger charge is -2.33. The Morgan fingerprint density at radius 3 is 2.37 bits per heavy atom. The molecule has 30 heavy (non-hydrogen) atoms. The zero-order chi connectivity index (χ0) is 21.5. The Hall–Kier alpha value is -2.80. The van der Waals surface area contributed by atoms with Crippen molar-refractivity contribution in [2.75, 3.05) is 31.1 Å². The Balaban J connectivity index is 1.55. The lowest BCUT2D eigenvalue weighted by Crippen LogP contribution is -2.44. The zero-order valence-electron chi connectivity index (χ0n) is 16.9. The smallest absolute Gasteiger partial charge is 0.241 e. The Morgan fingerprint density at radius 1 is 1.03 bits per heavy atom. The number of likely N-dealkylation sites (tertiary alicyclic amines) is 1. The standard InChI is InChI=1S/C23H27F2N3O2/c24-19-4-6-21(7-5-19)28(13-10-22(26)29)23(30)16-27-11-8-17(9-12-27)14-18-2-1-3-20(25)15-18/h1-7,15,17H,8-14,16H2,(H2,26,29). The van der Waals surface area contributed by atoms with Crippen molar-refractivity contribution in [3.8, 4) is 0 Å². The van der Waals surface area contributed by atoms with E-state index < -0.39 is 5.91 Å². The van der Waals surface area contributed by atoms with E-state index in [4.69, 9.17) is 5.73 Å². The third-order valence-corrected chi connectivity index (χ3v) is 5.50. The molecule has 0 spiro atoms. The van der Waals surface area contributed by atoms with Crippen LogP contribution in [0.4, 0.5) is 14.5 Å². The first-order valence-electron chi connectivity index (χ1n) is 10.2. The number of anilines is 1. The van der Waals surface area contributed by atoms with Crippen molar-refractivity contribution < 1.29 is 18.4 Å². The summed E-state index contributed by atoms with van der Waals surface area (Å²) in [6.45, 7) is 1.94. The number of primary amides is 1. The van der Waals surface area contributed by atoms with Crippen molar-refractivity contribution in [1.82, 2.24) is 4.90 Å². The van der Waals surface area contributed by atoms with Gasteiger partial charge in [-0.1, -0.05) is 12.1 Å². The van der Waals surface area contributed by atoms with Gasteiger partial charge in [-0.15, -0.1) is 0 Å². The summed E-state index contributed by atoms with van der Waals surface area (Å²) < 4.78 is 26.6. The van der Waals surface area contributed by atoms with Crippen molar-refractivity contribution in [2.45, 2.75) is 25.7 Å². The molecule has 2 aromatic rings. The van der Waals surface area contributed by atoms with Crippen LogP contribution < -0.4 is 10.6 Å². The summed E-state index contributed by atoms with van der Waals surface area (Å²) in [4.78, 5) is 27.7. The van der Waals surface area contributed by atoms with Gasteiger partial charge >= 0.3 is 0 Å². The quantitative estimate of drug-likeness (QED) is 0.720. The van der Waals surface area contributed by atoms with Crippen LogP contribution in [0.3, 0.4) is 0 Å². The highest BCUT2D eigenvalue weighted by Gasteiger charge is 2.24. The van der Waals surface area contributed by atoms with E-state index in [9.17, 15) is 18.4 Å². The maximum Gasteiger partial charge on any atom is 0.241 e. The van der Waals surface area contributed by atoms with Gasteiger partial charge in [0.05, 0.1) is 6.54 Å². The Labute approximate surface area is 175 Å². The number of nitrogens with zero attached hydrogens (tertiary/aromatic N) is 2. The van der Waals surface area contributed by atoms with E-state index in [1.54, 1.807) is 12.1 Å². The Bertz CT molecular complexity index is 865. The van der Waals surface area contributed by atoms with Crippen LogP contribution in [0.25, 0.3) is 0 Å². The number of carbonyl (C=O) groups is 2. The third kappa shape index (κ3) is 6.35. The molecule has 160 valence electrons. The predicted molar refractivity (Wildman–Crippen MR) is 112 cm³/mol. The van der Waals surface area contributed by atoms with Gasteiger partial charge in [0.25, 0.3) is 0 Å². The Kier molecular flexibility index (Phi) is 7.52. The monoisotopic (exact) mass is 415 g/mol. The number of hydrogen-bond donors (Lipinski definition) is 1. The van der Waals surface area contributed by atoms with Gasteiger partial charge in [0, 0.05) is 18.7 Å². The molecule has 3 rings (SSSR count). The second-order valence-electron chi connectivity index (χ2n) is 7.79. The molecule has 1 aliphatic rings. The number of nitrogens with two attached hydrogens (primary N) is 1. The van der Waals surface area contributed by atoms with E-state index in [1.165, 1.54) is 35.2 Å². The molecule has 0 atom stereocenters. The topological polar surface area (TPSA) is 66.6 Å². The van der Waals surface area contributed by atoms with Gasteiger partial charge in [-0.2, -0.15) is 0 Å². The van der Waals surface area contributed by atoms with Gasteiger partial charge in [0.2, 0.25) is 11.8 Å². The molecule has 1 aliphatic heterocycles. The summed E-state index contributed by atoms with van der Waals surface area (Å²) >= 11 is 0. The molecule has 2 N–H and O–H groups in total. The number of amides is 2. The molecule has 0 radical (unpaired) electrons. The van der Waals surface area contributed by atoms with Crippen LogP contribution in [-0.2, 0) is 16.0 Å². The van der Waals surface area contributed by atoms with E-state index in [2.05, 4.69) is 4.90 Å². The van der Waals surface area contributed by atoms with Crippen molar-refractivity contribution >= 4 is 17.5 Å². The van der Waals surface area contributed by atoms with Crippen LogP contribution >= 0.6 is 0 Å². The van der Waals surface area contributed by atoms with Gasteiger partial charge < -0.3 is 10.6 Å². The first-order chi connectivity index (χ1) is 14.4. The van der Waals surface area contributed by atoms with Crippen molar-refractivity contribution in [1.29, 1.82) is 0 Å². The van der Waals surface area contributed by atoms with E-state index in [0.29, 0.717) is 11.6 Å². The summed E-state index contributed by atoms with van der Waals surface area (Å²) in [6.07, 6.45) is 2.74. The summed E-state index contributed by atoms with van der Waals surface area (Å²) in [7, 11) is 0. The molecule has 1 saturated heterocycles. The fourth-order valence-electron chi connectivity index (χ4n) is 3.86. The maximum atomic E-state index is 13.4. The Morgan fingerprint density at radius 2 is 1.73 bits per heavy atom. The first kappa shape index (κ1) is 21.9. The fourth-order valence-corrected chi connectivity index (χ4v) is 3.86. The number of benzene rings is 2. The molecular weight excluding hydrogens is 388 g/mol. The normalized spacial score (nSPS) is 15.1. The SMILES string of the molecule is NC(=O)CCN(C(=O)CN1CCC(Cc2cccc(F)c2)CC1)c1ccc(F)cc1. The van der Waals surface area contributed by atoms with Crippen LogP contribution in [0.15, 0.2) is 48.5 Å². The maximum absolute atomic E-state index is 13.4. The van der Waals surface area contributed by atoms with Gasteiger partial charge in [-0.05, 0) is 80.2 Å². The largest absolute Gasteiger partial charge is 0.370 e. The summed E-state index contributed by atoms with van der Waals surface area (Å²) in [5.41, 5.74) is 6.79. The zero-order valence-corrected chi connectivity index (χ0v) is 16.9. The second kappa shape index (κ2) is 10.3. The highest BCUT2D eigenvalue weighted by atomic mass is 19.1. The average molecular weight is 415 g/mol. The number of halogens is 2. The highest BCUT2D eigenvalue weighted by molar-refractivity contribution is 5.95. The molecule has 0 unspecified atom stereocenters. The van der Waals surface area contributed by atoms with E-state index in [0.717, 1.165) is 37.9 Å². The molecule has 7 heteroatoms. The molecule has 5 nitrogen and oxygen atoms in total. The minimum Gasteiger partial charge on any atom is -0.370 e. The molecule has 0 aromatic heterocycles. The van der Waals surface area contributed by atoms with E-state index in [1.807, 2.05) is 6.07 Å². The molecule has 0 saturated carbocycles. The minimum atomic E-state index is -0.493. The van der Waals surface area contributed by atoms with E-state index >= 15 is 0 Å². The molecule has 2 aromatic carbocycles. The molecule has 1 heterocycles. The molecular formula is C23H27F2N3O2. The van der Waals surface area contributed by atoms with Crippen molar-refractivity contribution in [2.24, 2.45) is 11.7 Å². The first-order valence-corrected chi connectivity index (χ1v) is 10.2. The number of rotatable bonds is 8. The van der Waals surface area contributed by atoms with Gasteiger partial charge in [-0.25, -0.2) is 8.78 Å².